The fraction of sp³-hybridized carbons (Fsp3) is 0.267. The van der Waals surface area contributed by atoms with E-state index >= 15 is 0 Å². The van der Waals surface area contributed by atoms with E-state index in [4.69, 9.17) is 4.42 Å². The van der Waals surface area contributed by atoms with Crippen molar-refractivity contribution in [3.05, 3.63) is 53.0 Å². The molecule has 3 nitrogen and oxygen atoms in total. The van der Waals surface area contributed by atoms with Gasteiger partial charge in [0, 0.05) is 5.69 Å². The highest BCUT2D eigenvalue weighted by Crippen LogP contribution is 2.16. The van der Waals surface area contributed by atoms with E-state index in [-0.39, 0.29) is 5.91 Å². The molecular weight excluding hydrogens is 226 g/mol. The molecule has 0 unspecified atom stereocenters. The van der Waals surface area contributed by atoms with Gasteiger partial charge in [-0.3, -0.25) is 4.79 Å². The average molecular weight is 243 g/mol. The summed E-state index contributed by atoms with van der Waals surface area (Å²) in [5.41, 5.74) is 2.64. The first-order valence-corrected chi connectivity index (χ1v) is 6.07. The van der Waals surface area contributed by atoms with E-state index in [0.717, 1.165) is 17.9 Å². The third kappa shape index (κ3) is 2.62. The summed E-state index contributed by atoms with van der Waals surface area (Å²) in [4.78, 5) is 12.0. The zero-order chi connectivity index (χ0) is 13.1. The van der Waals surface area contributed by atoms with Crippen LogP contribution in [0.15, 0.2) is 34.7 Å². The number of hydrogen-bond donors (Lipinski definition) is 1. The summed E-state index contributed by atoms with van der Waals surface area (Å²) in [7, 11) is 0. The minimum Gasteiger partial charge on any atom is -0.466 e. The summed E-state index contributed by atoms with van der Waals surface area (Å²) in [6.45, 7) is 5.73. The fourth-order valence-electron chi connectivity index (χ4n) is 1.88. The van der Waals surface area contributed by atoms with Gasteiger partial charge < -0.3 is 9.73 Å². The second kappa shape index (κ2) is 5.08. The highest BCUT2D eigenvalue weighted by molar-refractivity contribution is 6.05. The van der Waals surface area contributed by atoms with Crippen LogP contribution in [-0.2, 0) is 6.42 Å². The van der Waals surface area contributed by atoms with Crippen LogP contribution in [-0.4, -0.2) is 5.91 Å². The minimum atomic E-state index is -0.131. The molecule has 1 aromatic heterocycles. The maximum absolute atomic E-state index is 12.0. The van der Waals surface area contributed by atoms with Gasteiger partial charge in [-0.05, 0) is 44.0 Å². The predicted octanol–water partition coefficient (Wildman–Crippen LogP) is 3.71. The first-order chi connectivity index (χ1) is 8.60. The lowest BCUT2D eigenvalue weighted by Crippen LogP contribution is -2.12. The molecule has 0 radical (unpaired) electrons. The molecule has 1 N–H and O–H groups in total. The average Bonchev–Trinajstić information content (AvgIpc) is 2.69. The molecule has 0 atom stereocenters. The number of rotatable bonds is 3. The topological polar surface area (TPSA) is 42.2 Å². The van der Waals surface area contributed by atoms with Gasteiger partial charge in [-0.1, -0.05) is 19.1 Å². The molecule has 1 amide bonds. The number of aryl methyl sites for hydroxylation is 3. The molecule has 2 aromatic rings. The molecule has 1 heterocycles. The van der Waals surface area contributed by atoms with Crippen LogP contribution in [0.3, 0.4) is 0 Å². The molecule has 2 rings (SSSR count). The van der Waals surface area contributed by atoms with Crippen LogP contribution in [0.5, 0.6) is 0 Å². The Morgan fingerprint density at radius 2 is 1.89 bits per heavy atom. The Labute approximate surface area is 107 Å². The van der Waals surface area contributed by atoms with E-state index in [9.17, 15) is 4.79 Å². The van der Waals surface area contributed by atoms with E-state index in [1.54, 1.807) is 13.0 Å². The molecular formula is C15H17NO2. The standard InChI is InChI=1S/C15H17NO2/c1-4-12-5-7-13(8-6-12)16-15(17)14-9-10(2)18-11(14)3/h5-9H,4H2,1-3H3,(H,16,17). The Hall–Kier alpha value is -2.03. The molecule has 0 aliphatic heterocycles. The molecule has 0 saturated heterocycles. The Morgan fingerprint density at radius 1 is 1.22 bits per heavy atom. The van der Waals surface area contributed by atoms with Crippen molar-refractivity contribution in [3.63, 3.8) is 0 Å². The number of anilines is 1. The maximum atomic E-state index is 12.0. The zero-order valence-corrected chi connectivity index (χ0v) is 10.9. The van der Waals surface area contributed by atoms with E-state index in [2.05, 4.69) is 12.2 Å². The van der Waals surface area contributed by atoms with Crippen LogP contribution in [0.1, 0.15) is 34.4 Å². The number of carbonyl (C=O) groups excluding carboxylic acids is 1. The Bertz CT molecular complexity index is 552. The van der Waals surface area contributed by atoms with Crippen LogP contribution in [0.2, 0.25) is 0 Å². The fourth-order valence-corrected chi connectivity index (χ4v) is 1.88. The van der Waals surface area contributed by atoms with Crippen LogP contribution >= 0.6 is 0 Å². The molecule has 1 aromatic carbocycles. The highest BCUT2D eigenvalue weighted by atomic mass is 16.3. The van der Waals surface area contributed by atoms with Crippen molar-refractivity contribution in [2.45, 2.75) is 27.2 Å². The van der Waals surface area contributed by atoms with Gasteiger partial charge in [0.15, 0.2) is 0 Å². The van der Waals surface area contributed by atoms with Gasteiger partial charge in [0.2, 0.25) is 0 Å². The van der Waals surface area contributed by atoms with Gasteiger partial charge in [-0.2, -0.15) is 0 Å². The highest BCUT2D eigenvalue weighted by Gasteiger charge is 2.13. The second-order valence-electron chi connectivity index (χ2n) is 4.33. The van der Waals surface area contributed by atoms with Crippen molar-refractivity contribution < 1.29 is 9.21 Å². The summed E-state index contributed by atoms with van der Waals surface area (Å²) >= 11 is 0. The van der Waals surface area contributed by atoms with Crippen molar-refractivity contribution in [2.75, 3.05) is 5.32 Å². The summed E-state index contributed by atoms with van der Waals surface area (Å²) < 4.78 is 5.35. The smallest absolute Gasteiger partial charge is 0.259 e. The number of amides is 1. The van der Waals surface area contributed by atoms with Gasteiger partial charge in [0.1, 0.15) is 11.5 Å². The summed E-state index contributed by atoms with van der Waals surface area (Å²) in [5, 5.41) is 2.86. The van der Waals surface area contributed by atoms with Gasteiger partial charge >= 0.3 is 0 Å². The van der Waals surface area contributed by atoms with Crippen LogP contribution < -0.4 is 5.32 Å². The monoisotopic (exact) mass is 243 g/mol. The lowest BCUT2D eigenvalue weighted by Gasteiger charge is -2.05. The minimum absolute atomic E-state index is 0.131. The molecule has 0 fully saturated rings. The van der Waals surface area contributed by atoms with Crippen molar-refractivity contribution in [1.29, 1.82) is 0 Å². The third-order valence-electron chi connectivity index (χ3n) is 2.91. The number of nitrogens with one attached hydrogen (secondary N) is 1. The number of benzene rings is 1. The molecule has 94 valence electrons. The lowest BCUT2D eigenvalue weighted by atomic mass is 10.1. The van der Waals surface area contributed by atoms with E-state index in [1.807, 2.05) is 31.2 Å². The molecule has 0 spiro atoms. The third-order valence-corrected chi connectivity index (χ3v) is 2.91. The quantitative estimate of drug-likeness (QED) is 0.892. The Balaban J connectivity index is 2.13. The first-order valence-electron chi connectivity index (χ1n) is 6.07. The number of furan rings is 1. The van der Waals surface area contributed by atoms with Gasteiger partial charge in [-0.25, -0.2) is 0 Å². The second-order valence-corrected chi connectivity index (χ2v) is 4.33. The maximum Gasteiger partial charge on any atom is 0.259 e. The number of carbonyl (C=O) groups is 1. The van der Waals surface area contributed by atoms with Crippen LogP contribution in [0.25, 0.3) is 0 Å². The van der Waals surface area contributed by atoms with Gasteiger partial charge in [0.25, 0.3) is 5.91 Å². The van der Waals surface area contributed by atoms with Crippen molar-refractivity contribution >= 4 is 11.6 Å². The van der Waals surface area contributed by atoms with Crippen LogP contribution in [0.4, 0.5) is 5.69 Å². The molecule has 0 aliphatic rings. The lowest BCUT2D eigenvalue weighted by molar-refractivity contribution is 0.102. The molecule has 0 bridgehead atoms. The molecule has 0 saturated carbocycles. The van der Waals surface area contributed by atoms with E-state index in [1.165, 1.54) is 5.56 Å². The van der Waals surface area contributed by atoms with E-state index in [0.29, 0.717) is 11.3 Å². The largest absolute Gasteiger partial charge is 0.466 e. The van der Waals surface area contributed by atoms with Gasteiger partial charge in [0.05, 0.1) is 5.56 Å². The molecule has 18 heavy (non-hydrogen) atoms. The van der Waals surface area contributed by atoms with Crippen molar-refractivity contribution in [1.82, 2.24) is 0 Å². The molecule has 0 aliphatic carbocycles. The van der Waals surface area contributed by atoms with Crippen LogP contribution in [0, 0.1) is 13.8 Å². The van der Waals surface area contributed by atoms with Crippen molar-refractivity contribution in [3.8, 4) is 0 Å². The molecule has 3 heteroatoms. The van der Waals surface area contributed by atoms with Gasteiger partial charge in [-0.15, -0.1) is 0 Å². The zero-order valence-electron chi connectivity index (χ0n) is 10.9. The normalized spacial score (nSPS) is 10.4. The predicted molar refractivity (Wildman–Crippen MR) is 72.0 cm³/mol. The Morgan fingerprint density at radius 3 is 2.39 bits per heavy atom. The number of hydrogen-bond acceptors (Lipinski definition) is 2. The SMILES string of the molecule is CCc1ccc(NC(=O)c2cc(C)oc2C)cc1. The van der Waals surface area contributed by atoms with E-state index < -0.39 is 0 Å². The van der Waals surface area contributed by atoms with Crippen molar-refractivity contribution in [2.24, 2.45) is 0 Å². The Kier molecular flexibility index (Phi) is 3.51. The summed E-state index contributed by atoms with van der Waals surface area (Å²) in [6, 6.07) is 9.62. The summed E-state index contributed by atoms with van der Waals surface area (Å²) in [5.74, 6) is 1.27. The first kappa shape index (κ1) is 12.4. The summed E-state index contributed by atoms with van der Waals surface area (Å²) in [6.07, 6.45) is 0.994.